The van der Waals surface area contributed by atoms with Gasteiger partial charge >= 0.3 is 0 Å². The Morgan fingerprint density at radius 3 is 1.15 bits per heavy atom. The summed E-state index contributed by atoms with van der Waals surface area (Å²) in [6.45, 7) is 13.8. The molecule has 0 heterocycles. The van der Waals surface area contributed by atoms with Gasteiger partial charge < -0.3 is 10.6 Å². The van der Waals surface area contributed by atoms with E-state index in [-0.39, 0.29) is 11.8 Å². The smallest absolute Gasteiger partial charge is 0.238 e. The summed E-state index contributed by atoms with van der Waals surface area (Å²) in [6, 6.07) is 16.3. The van der Waals surface area contributed by atoms with E-state index in [1.54, 1.807) is 0 Å². The van der Waals surface area contributed by atoms with Gasteiger partial charge in [0.25, 0.3) is 0 Å². The average molecular weight is 649 g/mol. The van der Waals surface area contributed by atoms with Gasteiger partial charge in [0.2, 0.25) is 11.8 Å². The first-order valence-electron chi connectivity index (χ1n) is 19.2. The number of benzene rings is 2. The highest BCUT2D eigenvalue weighted by atomic mass is 16.2. The molecule has 0 bridgehead atoms. The molecular formula is C41H68N4O2. The maximum atomic E-state index is 13.1. The van der Waals surface area contributed by atoms with E-state index in [1.165, 1.54) is 77.0 Å². The fraction of sp³-hybridized carbons (Fsp3) is 0.659. The van der Waals surface area contributed by atoms with Crippen molar-refractivity contribution in [3.8, 4) is 0 Å². The van der Waals surface area contributed by atoms with Gasteiger partial charge in [0.15, 0.2) is 0 Å². The first-order chi connectivity index (χ1) is 23.0. The zero-order valence-electron chi connectivity index (χ0n) is 30.6. The zero-order chi connectivity index (χ0) is 34.0. The van der Waals surface area contributed by atoms with E-state index in [0.29, 0.717) is 13.1 Å². The molecule has 2 amide bonds. The highest BCUT2D eigenvalue weighted by molar-refractivity contribution is 5.93. The van der Waals surface area contributed by atoms with Crippen LogP contribution in [0.2, 0.25) is 0 Å². The summed E-state index contributed by atoms with van der Waals surface area (Å²) in [5.41, 5.74) is 3.94. The summed E-state index contributed by atoms with van der Waals surface area (Å²) in [4.78, 5) is 30.8. The van der Waals surface area contributed by atoms with Crippen LogP contribution in [-0.4, -0.2) is 60.9 Å². The van der Waals surface area contributed by atoms with Crippen LogP contribution in [0.15, 0.2) is 48.5 Å². The van der Waals surface area contributed by atoms with Gasteiger partial charge in [0.05, 0.1) is 13.1 Å². The van der Waals surface area contributed by atoms with Gasteiger partial charge in [-0.3, -0.25) is 19.4 Å². The van der Waals surface area contributed by atoms with Crippen LogP contribution in [0.25, 0.3) is 0 Å². The van der Waals surface area contributed by atoms with Crippen molar-refractivity contribution in [2.24, 2.45) is 0 Å². The summed E-state index contributed by atoms with van der Waals surface area (Å²) in [5, 5.41) is 6.32. The van der Waals surface area contributed by atoms with E-state index in [0.717, 1.165) is 80.8 Å². The number of anilines is 2. The number of amides is 2. The Morgan fingerprint density at radius 1 is 0.489 bits per heavy atom. The third kappa shape index (κ3) is 19.7. The van der Waals surface area contributed by atoms with Gasteiger partial charge in [-0.2, -0.15) is 0 Å². The molecule has 0 saturated carbocycles. The molecule has 0 fully saturated rings. The van der Waals surface area contributed by atoms with Crippen LogP contribution in [0, 0.1) is 0 Å². The number of hydrogen-bond donors (Lipinski definition) is 2. The van der Waals surface area contributed by atoms with E-state index in [9.17, 15) is 9.59 Å². The van der Waals surface area contributed by atoms with Gasteiger partial charge in [0.1, 0.15) is 0 Å². The van der Waals surface area contributed by atoms with Crippen molar-refractivity contribution in [3.63, 3.8) is 0 Å². The SMILES string of the molecule is CCCCCCN(CCCCCC)CC(=O)Nc1cccc(Cc2cccc(NC(=O)CN(CCCCCC)CCCCCC)c2)c1. The second-order valence-corrected chi connectivity index (χ2v) is 13.5. The summed E-state index contributed by atoms with van der Waals surface area (Å²) < 4.78 is 0. The molecule has 0 unspecified atom stereocenters. The van der Waals surface area contributed by atoms with Crippen molar-refractivity contribution in [1.29, 1.82) is 0 Å². The molecule has 0 aliphatic rings. The summed E-state index contributed by atoms with van der Waals surface area (Å²) in [7, 11) is 0. The van der Waals surface area contributed by atoms with Crippen LogP contribution in [0.3, 0.4) is 0 Å². The molecule has 0 spiro atoms. The highest BCUT2D eigenvalue weighted by Crippen LogP contribution is 2.18. The average Bonchev–Trinajstić information content (AvgIpc) is 3.05. The second kappa shape index (κ2) is 26.3. The van der Waals surface area contributed by atoms with E-state index in [1.807, 2.05) is 24.3 Å². The predicted molar refractivity (Wildman–Crippen MR) is 202 cm³/mol. The molecule has 0 saturated heterocycles. The Balaban J connectivity index is 1.93. The Hall–Kier alpha value is -2.70. The maximum Gasteiger partial charge on any atom is 0.238 e. The number of carbonyl (C=O) groups excluding carboxylic acids is 2. The molecule has 2 aromatic rings. The van der Waals surface area contributed by atoms with Crippen LogP contribution in [0.1, 0.15) is 142 Å². The lowest BCUT2D eigenvalue weighted by molar-refractivity contribution is -0.118. The third-order valence-corrected chi connectivity index (χ3v) is 8.88. The number of nitrogens with one attached hydrogen (secondary N) is 2. The van der Waals surface area contributed by atoms with Crippen molar-refractivity contribution in [1.82, 2.24) is 9.80 Å². The topological polar surface area (TPSA) is 64.7 Å². The summed E-state index contributed by atoms with van der Waals surface area (Å²) in [5.74, 6) is 0.116. The van der Waals surface area contributed by atoms with Crippen molar-refractivity contribution in [3.05, 3.63) is 59.7 Å². The van der Waals surface area contributed by atoms with Gasteiger partial charge in [-0.1, -0.05) is 129 Å². The van der Waals surface area contributed by atoms with Gasteiger partial charge in [-0.15, -0.1) is 0 Å². The molecule has 264 valence electrons. The minimum absolute atomic E-state index is 0.0580. The van der Waals surface area contributed by atoms with Gasteiger partial charge in [-0.25, -0.2) is 0 Å². The summed E-state index contributed by atoms with van der Waals surface area (Å²) in [6.07, 6.45) is 20.2. The molecule has 0 aliphatic heterocycles. The molecule has 2 rings (SSSR count). The van der Waals surface area contributed by atoms with Crippen LogP contribution in [-0.2, 0) is 16.0 Å². The molecule has 0 radical (unpaired) electrons. The number of carbonyl (C=O) groups is 2. The van der Waals surface area contributed by atoms with Crippen molar-refractivity contribution in [2.75, 3.05) is 49.9 Å². The molecule has 47 heavy (non-hydrogen) atoms. The van der Waals surface area contributed by atoms with Crippen molar-refractivity contribution >= 4 is 23.2 Å². The Morgan fingerprint density at radius 2 is 0.830 bits per heavy atom. The largest absolute Gasteiger partial charge is 0.325 e. The molecule has 6 nitrogen and oxygen atoms in total. The van der Waals surface area contributed by atoms with E-state index < -0.39 is 0 Å². The molecule has 0 atom stereocenters. The van der Waals surface area contributed by atoms with Crippen LogP contribution >= 0.6 is 0 Å². The van der Waals surface area contributed by atoms with Crippen molar-refractivity contribution < 1.29 is 9.59 Å². The number of rotatable bonds is 28. The summed E-state index contributed by atoms with van der Waals surface area (Å²) >= 11 is 0. The first kappa shape index (κ1) is 40.5. The number of nitrogens with zero attached hydrogens (tertiary/aromatic N) is 2. The monoisotopic (exact) mass is 649 g/mol. The van der Waals surface area contributed by atoms with E-state index in [2.05, 4.69) is 72.4 Å². The Labute approximate surface area is 288 Å². The second-order valence-electron chi connectivity index (χ2n) is 13.5. The van der Waals surface area contributed by atoms with Crippen LogP contribution in [0.5, 0.6) is 0 Å². The molecule has 2 N–H and O–H groups in total. The van der Waals surface area contributed by atoms with E-state index >= 15 is 0 Å². The van der Waals surface area contributed by atoms with Crippen LogP contribution in [0.4, 0.5) is 11.4 Å². The minimum atomic E-state index is 0.0580. The number of hydrogen-bond acceptors (Lipinski definition) is 4. The lowest BCUT2D eigenvalue weighted by Gasteiger charge is -2.22. The molecular weight excluding hydrogens is 580 g/mol. The zero-order valence-corrected chi connectivity index (χ0v) is 30.6. The van der Waals surface area contributed by atoms with E-state index in [4.69, 9.17) is 0 Å². The molecule has 0 aromatic heterocycles. The Kier molecular flexibility index (Phi) is 22.6. The predicted octanol–water partition coefficient (Wildman–Crippen LogP) is 10.1. The van der Waals surface area contributed by atoms with Gasteiger partial charge in [0, 0.05) is 11.4 Å². The fourth-order valence-corrected chi connectivity index (χ4v) is 6.15. The fourth-order valence-electron chi connectivity index (χ4n) is 6.15. The quantitative estimate of drug-likeness (QED) is 0.0902. The normalized spacial score (nSPS) is 11.4. The molecule has 0 aliphatic carbocycles. The highest BCUT2D eigenvalue weighted by Gasteiger charge is 2.13. The number of unbranched alkanes of at least 4 members (excludes halogenated alkanes) is 12. The maximum absolute atomic E-state index is 13.1. The van der Waals surface area contributed by atoms with Crippen molar-refractivity contribution in [2.45, 2.75) is 137 Å². The lowest BCUT2D eigenvalue weighted by atomic mass is 10.0. The van der Waals surface area contributed by atoms with Gasteiger partial charge in [-0.05, 0) is 93.7 Å². The third-order valence-electron chi connectivity index (χ3n) is 8.88. The van der Waals surface area contributed by atoms with Crippen LogP contribution < -0.4 is 10.6 Å². The minimum Gasteiger partial charge on any atom is -0.325 e. The Bertz CT molecular complexity index is 995. The molecule has 6 heteroatoms. The molecule has 2 aromatic carbocycles. The first-order valence-corrected chi connectivity index (χ1v) is 19.2. The standard InChI is InChI=1S/C41H68N4O2/c1-5-9-13-17-27-44(28-18-14-10-6-2)34-40(46)42-38-25-21-23-36(32-38)31-37-24-22-26-39(33-37)43-41(47)35-45(29-19-15-11-7-3)30-20-16-12-8-4/h21-26,32-33H,5-20,27-31,34-35H2,1-4H3,(H,42,46)(H,43,47). The lowest BCUT2D eigenvalue weighted by Crippen LogP contribution is -2.34.